The molecule has 6 heteroatoms. The van der Waals surface area contributed by atoms with Gasteiger partial charge in [-0.2, -0.15) is 0 Å². The van der Waals surface area contributed by atoms with E-state index in [1.807, 2.05) is 17.5 Å². The normalized spacial score (nSPS) is 10.8. The highest BCUT2D eigenvalue weighted by molar-refractivity contribution is 7.09. The van der Waals surface area contributed by atoms with Crippen LogP contribution in [0.25, 0.3) is 11.0 Å². The smallest absolute Gasteiger partial charge is 0.372 e. The molecule has 0 fully saturated rings. The number of nitrogens with one attached hydrogen (secondary N) is 1. The Morgan fingerprint density at radius 1 is 1.30 bits per heavy atom. The van der Waals surface area contributed by atoms with Gasteiger partial charge in [0.15, 0.2) is 0 Å². The molecule has 0 saturated heterocycles. The zero-order chi connectivity index (χ0) is 16.4. The summed E-state index contributed by atoms with van der Waals surface area (Å²) in [5.41, 5.74) is 1.69. The van der Waals surface area contributed by atoms with Gasteiger partial charge in [-0.15, -0.1) is 11.3 Å². The molecule has 0 aliphatic carbocycles. The molecule has 0 unspecified atom stereocenters. The Labute approximate surface area is 136 Å². The first kappa shape index (κ1) is 15.3. The van der Waals surface area contributed by atoms with Crippen LogP contribution in [0.15, 0.2) is 40.1 Å². The highest BCUT2D eigenvalue weighted by Crippen LogP contribution is 2.28. The summed E-state index contributed by atoms with van der Waals surface area (Å²) >= 11 is 1.63. The molecular formula is C17H15NO4S. The third-order valence-electron chi connectivity index (χ3n) is 3.59. The number of aryl methyl sites for hydroxylation is 2. The molecule has 0 spiro atoms. The lowest BCUT2D eigenvalue weighted by molar-refractivity contribution is -0.116. The van der Waals surface area contributed by atoms with Gasteiger partial charge in [0.1, 0.15) is 5.58 Å². The van der Waals surface area contributed by atoms with E-state index in [-0.39, 0.29) is 11.7 Å². The van der Waals surface area contributed by atoms with Crippen LogP contribution in [0.4, 0.5) is 5.69 Å². The molecule has 0 saturated carbocycles. The number of carbonyl (C=O) groups is 2. The number of aromatic carboxylic acids is 1. The SMILES string of the molecule is Cc1c(C(=O)O)oc2ccc(NC(=O)CCc3cccs3)cc12. The van der Waals surface area contributed by atoms with E-state index in [0.29, 0.717) is 35.1 Å². The molecule has 1 amide bonds. The number of amides is 1. The summed E-state index contributed by atoms with van der Waals surface area (Å²) in [5.74, 6) is -1.24. The van der Waals surface area contributed by atoms with Crippen LogP contribution in [0.3, 0.4) is 0 Å². The van der Waals surface area contributed by atoms with E-state index in [2.05, 4.69) is 5.32 Å². The van der Waals surface area contributed by atoms with E-state index >= 15 is 0 Å². The van der Waals surface area contributed by atoms with Crippen molar-refractivity contribution in [1.82, 2.24) is 0 Å². The molecule has 0 atom stereocenters. The average Bonchev–Trinajstić information content (AvgIpc) is 3.14. The molecular weight excluding hydrogens is 314 g/mol. The summed E-state index contributed by atoms with van der Waals surface area (Å²) in [6.45, 7) is 1.69. The molecule has 1 aromatic carbocycles. The molecule has 118 valence electrons. The Morgan fingerprint density at radius 2 is 2.13 bits per heavy atom. The highest BCUT2D eigenvalue weighted by Gasteiger charge is 2.17. The zero-order valence-electron chi connectivity index (χ0n) is 12.5. The van der Waals surface area contributed by atoms with Crippen LogP contribution >= 0.6 is 11.3 Å². The van der Waals surface area contributed by atoms with Gasteiger partial charge in [0.05, 0.1) is 0 Å². The lowest BCUT2D eigenvalue weighted by Gasteiger charge is -2.05. The minimum Gasteiger partial charge on any atom is -0.475 e. The topological polar surface area (TPSA) is 79.5 Å². The Hall–Kier alpha value is -2.60. The fourth-order valence-electron chi connectivity index (χ4n) is 2.42. The van der Waals surface area contributed by atoms with E-state index in [1.165, 1.54) is 4.88 Å². The van der Waals surface area contributed by atoms with Crippen LogP contribution in [0.2, 0.25) is 0 Å². The van der Waals surface area contributed by atoms with Crippen molar-refractivity contribution in [2.75, 3.05) is 5.32 Å². The van der Waals surface area contributed by atoms with E-state index in [0.717, 1.165) is 0 Å². The molecule has 3 rings (SSSR count). The molecule has 0 aliphatic heterocycles. The fraction of sp³-hybridized carbons (Fsp3) is 0.176. The van der Waals surface area contributed by atoms with E-state index in [9.17, 15) is 9.59 Å². The maximum atomic E-state index is 12.0. The van der Waals surface area contributed by atoms with Gasteiger partial charge in [-0.05, 0) is 43.0 Å². The number of hydrogen-bond donors (Lipinski definition) is 2. The van der Waals surface area contributed by atoms with Crippen molar-refractivity contribution in [1.29, 1.82) is 0 Å². The van der Waals surface area contributed by atoms with E-state index < -0.39 is 5.97 Å². The monoisotopic (exact) mass is 329 g/mol. The standard InChI is InChI=1S/C17H15NO4S/c1-10-13-9-11(4-6-14(13)22-16(10)17(20)21)18-15(19)7-5-12-3-2-8-23-12/h2-4,6,8-9H,5,7H2,1H3,(H,18,19)(H,20,21). The van der Waals surface area contributed by atoms with Crippen LogP contribution < -0.4 is 5.32 Å². The lowest BCUT2D eigenvalue weighted by Crippen LogP contribution is -2.11. The maximum Gasteiger partial charge on any atom is 0.372 e. The first-order chi connectivity index (χ1) is 11.0. The molecule has 3 aromatic rings. The number of fused-ring (bicyclic) bond motifs is 1. The molecule has 0 aliphatic rings. The van der Waals surface area contributed by atoms with Crippen molar-refractivity contribution in [3.63, 3.8) is 0 Å². The summed E-state index contributed by atoms with van der Waals surface area (Å²) < 4.78 is 5.31. The van der Waals surface area contributed by atoms with Crippen LogP contribution in [-0.4, -0.2) is 17.0 Å². The van der Waals surface area contributed by atoms with Gasteiger partial charge < -0.3 is 14.8 Å². The average molecular weight is 329 g/mol. The predicted octanol–water partition coefficient (Wildman–Crippen LogP) is 4.07. The van der Waals surface area contributed by atoms with Crippen LogP contribution in [0.1, 0.15) is 27.4 Å². The van der Waals surface area contributed by atoms with Gasteiger partial charge in [0, 0.05) is 27.9 Å². The molecule has 5 nitrogen and oxygen atoms in total. The number of rotatable bonds is 5. The van der Waals surface area contributed by atoms with Crippen molar-refractivity contribution < 1.29 is 19.1 Å². The lowest BCUT2D eigenvalue weighted by atomic mass is 10.1. The number of anilines is 1. The minimum absolute atomic E-state index is 0.0684. The van der Waals surface area contributed by atoms with Gasteiger partial charge in [0.25, 0.3) is 0 Å². The molecule has 0 bridgehead atoms. The van der Waals surface area contributed by atoms with Crippen molar-refractivity contribution >= 4 is 39.9 Å². The molecule has 2 N–H and O–H groups in total. The second-order valence-corrected chi connectivity index (χ2v) is 6.23. The van der Waals surface area contributed by atoms with Gasteiger partial charge in [-0.3, -0.25) is 4.79 Å². The highest BCUT2D eigenvalue weighted by atomic mass is 32.1. The summed E-state index contributed by atoms with van der Waals surface area (Å²) in [4.78, 5) is 24.3. The summed E-state index contributed by atoms with van der Waals surface area (Å²) in [7, 11) is 0. The third kappa shape index (κ3) is 3.27. The summed E-state index contributed by atoms with van der Waals surface area (Å²) in [5, 5.41) is 14.6. The Balaban J connectivity index is 1.74. The van der Waals surface area contributed by atoms with Crippen molar-refractivity contribution in [2.45, 2.75) is 19.8 Å². The quantitative estimate of drug-likeness (QED) is 0.739. The largest absolute Gasteiger partial charge is 0.475 e. The van der Waals surface area contributed by atoms with E-state index in [1.54, 1.807) is 36.5 Å². The second-order valence-electron chi connectivity index (χ2n) is 5.20. The third-order valence-corrected chi connectivity index (χ3v) is 4.53. The first-order valence-corrected chi connectivity index (χ1v) is 8.01. The predicted molar refractivity (Wildman–Crippen MR) is 89.2 cm³/mol. The first-order valence-electron chi connectivity index (χ1n) is 7.13. The van der Waals surface area contributed by atoms with Gasteiger partial charge in [-0.1, -0.05) is 6.07 Å². The number of carboxylic acids is 1. The second kappa shape index (κ2) is 6.26. The molecule has 23 heavy (non-hydrogen) atoms. The van der Waals surface area contributed by atoms with Gasteiger partial charge in [-0.25, -0.2) is 4.79 Å². The Morgan fingerprint density at radius 3 is 2.83 bits per heavy atom. The number of carboxylic acid groups (broad SMARTS) is 1. The van der Waals surface area contributed by atoms with Crippen molar-refractivity contribution in [3.8, 4) is 0 Å². The summed E-state index contributed by atoms with van der Waals surface area (Å²) in [6.07, 6.45) is 1.11. The Bertz CT molecular complexity index is 864. The molecule has 2 heterocycles. The Kier molecular flexibility index (Phi) is 4.16. The van der Waals surface area contributed by atoms with Crippen LogP contribution in [0, 0.1) is 6.92 Å². The van der Waals surface area contributed by atoms with Crippen LogP contribution in [-0.2, 0) is 11.2 Å². The van der Waals surface area contributed by atoms with Gasteiger partial charge >= 0.3 is 5.97 Å². The van der Waals surface area contributed by atoms with Crippen LogP contribution in [0.5, 0.6) is 0 Å². The number of hydrogen-bond acceptors (Lipinski definition) is 4. The van der Waals surface area contributed by atoms with Crippen molar-refractivity contribution in [3.05, 3.63) is 51.9 Å². The number of furan rings is 1. The number of carbonyl (C=O) groups excluding carboxylic acids is 1. The summed E-state index contributed by atoms with van der Waals surface area (Å²) in [6, 6.07) is 9.09. The molecule has 2 aromatic heterocycles. The number of thiophene rings is 1. The zero-order valence-corrected chi connectivity index (χ0v) is 13.3. The maximum absolute atomic E-state index is 12.0. The number of benzene rings is 1. The molecule has 0 radical (unpaired) electrons. The van der Waals surface area contributed by atoms with Gasteiger partial charge in [0.2, 0.25) is 11.7 Å². The fourth-order valence-corrected chi connectivity index (χ4v) is 3.13. The minimum atomic E-state index is -1.10. The van der Waals surface area contributed by atoms with Crippen molar-refractivity contribution in [2.24, 2.45) is 0 Å². The van der Waals surface area contributed by atoms with E-state index in [4.69, 9.17) is 9.52 Å².